The molecule has 1 aliphatic rings. The summed E-state index contributed by atoms with van der Waals surface area (Å²) in [4.78, 5) is 3.50. The number of benzene rings is 3. The molecule has 0 unspecified atom stereocenters. The lowest BCUT2D eigenvalue weighted by Gasteiger charge is -2.14. The second kappa shape index (κ2) is 6.48. The molecule has 0 spiro atoms. The molecular formula is C25H21NO. The third-order valence-corrected chi connectivity index (χ3v) is 5.34. The fourth-order valence-corrected chi connectivity index (χ4v) is 3.95. The van der Waals surface area contributed by atoms with E-state index in [2.05, 4.69) is 83.9 Å². The monoisotopic (exact) mass is 351 g/mol. The Balaban J connectivity index is 1.66. The number of fused-ring (bicyclic) bond motifs is 3. The van der Waals surface area contributed by atoms with Crippen molar-refractivity contribution < 1.29 is 4.74 Å². The molecule has 1 N–H and O–H groups in total. The van der Waals surface area contributed by atoms with Crippen molar-refractivity contribution in [1.29, 1.82) is 0 Å². The van der Waals surface area contributed by atoms with Crippen molar-refractivity contribution in [3.63, 3.8) is 0 Å². The van der Waals surface area contributed by atoms with Crippen LogP contribution in [0.5, 0.6) is 5.75 Å². The van der Waals surface area contributed by atoms with Gasteiger partial charge in [-0.05, 0) is 59.9 Å². The van der Waals surface area contributed by atoms with Gasteiger partial charge in [0.05, 0.1) is 7.11 Å². The first-order chi connectivity index (χ1) is 13.3. The van der Waals surface area contributed by atoms with Gasteiger partial charge >= 0.3 is 0 Å². The van der Waals surface area contributed by atoms with Crippen molar-refractivity contribution in [1.82, 2.24) is 4.98 Å². The lowest BCUT2D eigenvalue weighted by molar-refractivity contribution is 0.413. The van der Waals surface area contributed by atoms with Gasteiger partial charge in [0.2, 0.25) is 0 Å². The Labute approximate surface area is 158 Å². The van der Waals surface area contributed by atoms with Gasteiger partial charge in [0.15, 0.2) is 0 Å². The number of methoxy groups -OCH3 is 1. The van der Waals surface area contributed by atoms with Gasteiger partial charge in [-0.3, -0.25) is 0 Å². The minimum absolute atomic E-state index is 0.921. The molecule has 3 aromatic carbocycles. The highest BCUT2D eigenvalue weighted by Gasteiger charge is 2.11. The lowest BCUT2D eigenvalue weighted by atomic mass is 9.94. The van der Waals surface area contributed by atoms with E-state index in [4.69, 9.17) is 4.74 Å². The van der Waals surface area contributed by atoms with Gasteiger partial charge in [0.1, 0.15) is 5.75 Å². The van der Waals surface area contributed by atoms with Crippen LogP contribution >= 0.6 is 0 Å². The van der Waals surface area contributed by atoms with Crippen LogP contribution in [0.15, 0.2) is 78.9 Å². The summed E-state index contributed by atoms with van der Waals surface area (Å²) in [6.45, 7) is 0. The Morgan fingerprint density at radius 3 is 2.48 bits per heavy atom. The molecule has 0 fully saturated rings. The summed E-state index contributed by atoms with van der Waals surface area (Å²) >= 11 is 0. The molecule has 0 aliphatic heterocycles. The van der Waals surface area contributed by atoms with Gasteiger partial charge in [-0.2, -0.15) is 0 Å². The van der Waals surface area contributed by atoms with Crippen LogP contribution < -0.4 is 4.74 Å². The van der Waals surface area contributed by atoms with Crippen LogP contribution in [0.4, 0.5) is 0 Å². The van der Waals surface area contributed by atoms with Crippen molar-refractivity contribution in [3.05, 3.63) is 84.5 Å². The van der Waals surface area contributed by atoms with E-state index in [1.807, 2.05) is 0 Å². The smallest absolute Gasteiger partial charge is 0.126 e. The number of allylic oxidation sites excluding steroid dienone is 4. The summed E-state index contributed by atoms with van der Waals surface area (Å²) in [6, 6.07) is 21.6. The molecule has 27 heavy (non-hydrogen) atoms. The molecule has 0 bridgehead atoms. The maximum absolute atomic E-state index is 5.63. The molecule has 0 radical (unpaired) electrons. The largest absolute Gasteiger partial charge is 0.496 e. The van der Waals surface area contributed by atoms with E-state index in [9.17, 15) is 0 Å². The molecule has 1 aromatic heterocycles. The van der Waals surface area contributed by atoms with Gasteiger partial charge in [-0.25, -0.2) is 0 Å². The van der Waals surface area contributed by atoms with E-state index >= 15 is 0 Å². The molecule has 1 heterocycles. The van der Waals surface area contributed by atoms with E-state index in [-0.39, 0.29) is 0 Å². The Morgan fingerprint density at radius 1 is 0.815 bits per heavy atom. The topological polar surface area (TPSA) is 25.0 Å². The summed E-state index contributed by atoms with van der Waals surface area (Å²) < 4.78 is 5.63. The van der Waals surface area contributed by atoms with E-state index in [0.29, 0.717) is 0 Å². The Morgan fingerprint density at radius 2 is 1.63 bits per heavy atom. The standard InChI is InChI=1S/C25H21NO/c1-27-25-14-12-19(15-21(25)17-7-3-2-4-8-17)18-11-13-24-22(16-18)20-9-5-6-10-23(20)26-24/h3,5-16,26H,2,4H2,1H3. The molecule has 0 saturated carbocycles. The second-order valence-electron chi connectivity index (χ2n) is 6.99. The minimum Gasteiger partial charge on any atom is -0.496 e. The van der Waals surface area contributed by atoms with Crippen molar-refractivity contribution in [2.24, 2.45) is 0 Å². The Hall–Kier alpha value is -3.26. The molecule has 1 aliphatic carbocycles. The quantitative estimate of drug-likeness (QED) is 0.435. The van der Waals surface area contributed by atoms with Gasteiger partial charge in [0.25, 0.3) is 0 Å². The Bertz CT molecular complexity index is 1210. The van der Waals surface area contributed by atoms with Crippen LogP contribution in [-0.2, 0) is 0 Å². The number of aromatic amines is 1. The zero-order chi connectivity index (χ0) is 18.2. The van der Waals surface area contributed by atoms with Gasteiger partial charge < -0.3 is 9.72 Å². The lowest BCUT2D eigenvalue weighted by Crippen LogP contribution is -1.93. The highest BCUT2D eigenvalue weighted by atomic mass is 16.5. The molecule has 5 rings (SSSR count). The van der Waals surface area contributed by atoms with Gasteiger partial charge in [-0.15, -0.1) is 0 Å². The number of aromatic nitrogens is 1. The van der Waals surface area contributed by atoms with Crippen molar-refractivity contribution in [3.8, 4) is 16.9 Å². The summed E-state index contributed by atoms with van der Waals surface area (Å²) in [6.07, 6.45) is 8.93. The fourth-order valence-electron chi connectivity index (χ4n) is 3.95. The van der Waals surface area contributed by atoms with Gasteiger partial charge in [0, 0.05) is 27.4 Å². The van der Waals surface area contributed by atoms with Crippen LogP contribution in [0, 0.1) is 0 Å². The summed E-state index contributed by atoms with van der Waals surface area (Å²) in [5.41, 5.74) is 7.18. The SMILES string of the molecule is COc1ccc(-c2ccc3[nH]c4ccccc4c3c2)cc1C1=CCCC=C1. The van der Waals surface area contributed by atoms with E-state index < -0.39 is 0 Å². The first-order valence-corrected chi connectivity index (χ1v) is 9.39. The summed E-state index contributed by atoms with van der Waals surface area (Å²) in [5.74, 6) is 0.921. The molecule has 2 nitrogen and oxygen atoms in total. The molecule has 4 aromatic rings. The highest BCUT2D eigenvalue weighted by Crippen LogP contribution is 2.35. The maximum atomic E-state index is 5.63. The molecule has 2 heteroatoms. The molecule has 0 atom stereocenters. The van der Waals surface area contributed by atoms with E-state index in [1.54, 1.807) is 7.11 Å². The Kier molecular flexibility index (Phi) is 3.83. The number of hydrogen-bond acceptors (Lipinski definition) is 1. The van der Waals surface area contributed by atoms with Crippen LogP contribution in [0.3, 0.4) is 0 Å². The third-order valence-electron chi connectivity index (χ3n) is 5.34. The number of hydrogen-bond donors (Lipinski definition) is 1. The first kappa shape index (κ1) is 16.0. The number of rotatable bonds is 3. The van der Waals surface area contributed by atoms with Gasteiger partial charge in [-0.1, -0.05) is 48.6 Å². The second-order valence-corrected chi connectivity index (χ2v) is 6.99. The molecular weight excluding hydrogens is 330 g/mol. The third kappa shape index (κ3) is 2.74. The number of nitrogens with one attached hydrogen (secondary N) is 1. The van der Waals surface area contributed by atoms with E-state index in [1.165, 1.54) is 38.5 Å². The van der Waals surface area contributed by atoms with Crippen molar-refractivity contribution >= 4 is 27.4 Å². The summed E-state index contributed by atoms with van der Waals surface area (Å²) in [5, 5.41) is 2.53. The maximum Gasteiger partial charge on any atom is 0.126 e. The number of para-hydroxylation sites is 1. The predicted octanol–water partition coefficient (Wildman–Crippen LogP) is 6.73. The number of ether oxygens (including phenoxy) is 1. The molecule has 132 valence electrons. The van der Waals surface area contributed by atoms with E-state index in [0.717, 1.165) is 24.2 Å². The molecule has 0 amide bonds. The predicted molar refractivity (Wildman–Crippen MR) is 114 cm³/mol. The average molecular weight is 351 g/mol. The fraction of sp³-hybridized carbons (Fsp3) is 0.120. The first-order valence-electron chi connectivity index (χ1n) is 9.39. The normalized spacial score (nSPS) is 13.9. The minimum atomic E-state index is 0.921. The van der Waals surface area contributed by atoms with Crippen LogP contribution in [0.1, 0.15) is 18.4 Å². The van der Waals surface area contributed by atoms with Crippen molar-refractivity contribution in [2.75, 3.05) is 7.11 Å². The zero-order valence-electron chi connectivity index (χ0n) is 15.3. The zero-order valence-corrected chi connectivity index (χ0v) is 15.3. The van der Waals surface area contributed by atoms with Crippen LogP contribution in [-0.4, -0.2) is 12.1 Å². The summed E-state index contributed by atoms with van der Waals surface area (Å²) in [7, 11) is 1.74. The van der Waals surface area contributed by atoms with Crippen LogP contribution in [0.25, 0.3) is 38.5 Å². The van der Waals surface area contributed by atoms with Crippen molar-refractivity contribution in [2.45, 2.75) is 12.8 Å². The van der Waals surface area contributed by atoms with Crippen LogP contribution in [0.2, 0.25) is 0 Å². The number of H-pyrrole nitrogens is 1. The molecule has 0 saturated heterocycles. The highest BCUT2D eigenvalue weighted by molar-refractivity contribution is 6.08. The average Bonchev–Trinajstić information content (AvgIpc) is 3.12.